The predicted octanol–water partition coefficient (Wildman–Crippen LogP) is -0.408. The van der Waals surface area contributed by atoms with Crippen molar-refractivity contribution in [2.45, 2.75) is 18.1 Å². The van der Waals surface area contributed by atoms with Crippen LogP contribution >= 0.6 is 7.60 Å². The van der Waals surface area contributed by atoms with Crippen LogP contribution in [-0.2, 0) is 28.4 Å². The Bertz CT molecular complexity index is 712. The van der Waals surface area contributed by atoms with Crippen LogP contribution in [-0.4, -0.2) is 63.5 Å². The molecule has 10 heteroatoms. The van der Waals surface area contributed by atoms with Crippen molar-refractivity contribution in [1.29, 1.82) is 0 Å². The Balaban J connectivity index is 1.74. The molecule has 0 spiro atoms. The maximum Gasteiger partial charge on any atom is 0.330 e. The molecule has 0 aliphatic carbocycles. The molecular weight excluding hydrogens is 353 g/mol. The number of rotatable bonds is 7. The summed E-state index contributed by atoms with van der Waals surface area (Å²) >= 11 is 0. The van der Waals surface area contributed by atoms with Crippen LogP contribution < -0.4 is 0 Å². The Kier molecular flexibility index (Phi) is 4.45. The van der Waals surface area contributed by atoms with Crippen LogP contribution in [0.15, 0.2) is 24.8 Å². The minimum absolute atomic E-state index is 0.0125. The summed E-state index contributed by atoms with van der Waals surface area (Å²) in [6.45, 7) is 3.03. The molecule has 3 aliphatic heterocycles. The van der Waals surface area contributed by atoms with Crippen LogP contribution in [0.5, 0.6) is 0 Å². The molecule has 3 heterocycles. The van der Waals surface area contributed by atoms with Gasteiger partial charge in [-0.1, -0.05) is 12.7 Å². The number of imide groups is 1. The van der Waals surface area contributed by atoms with E-state index in [-0.39, 0.29) is 19.6 Å². The van der Waals surface area contributed by atoms with Gasteiger partial charge in [-0.2, -0.15) is 0 Å². The number of fused-ring (bicyclic) bond motifs is 5. The first-order valence-electron chi connectivity index (χ1n) is 7.75. The van der Waals surface area contributed by atoms with Crippen molar-refractivity contribution >= 4 is 25.4 Å². The van der Waals surface area contributed by atoms with Gasteiger partial charge in [-0.3, -0.25) is 19.1 Å². The molecular formula is C15H18NO8P. The van der Waals surface area contributed by atoms with Crippen LogP contribution in [0, 0.1) is 11.8 Å². The fraction of sp³-hybridized carbons (Fsp3) is 0.533. The van der Waals surface area contributed by atoms with Gasteiger partial charge in [0, 0.05) is 12.6 Å². The van der Waals surface area contributed by atoms with E-state index < -0.39 is 55.1 Å². The molecule has 25 heavy (non-hydrogen) atoms. The molecule has 2 amide bonds. The third-order valence-electron chi connectivity index (χ3n) is 4.68. The fourth-order valence-corrected chi connectivity index (χ4v) is 4.18. The largest absolute Gasteiger partial charge is 0.459 e. The number of carbonyl (C=O) groups excluding carboxylic acids is 3. The van der Waals surface area contributed by atoms with E-state index in [4.69, 9.17) is 19.3 Å². The Labute approximate surface area is 143 Å². The summed E-state index contributed by atoms with van der Waals surface area (Å²) in [7, 11) is -4.19. The molecule has 0 aromatic carbocycles. The number of hydrogen-bond acceptors (Lipinski definition) is 6. The number of carbonyl (C=O) groups is 3. The van der Waals surface area contributed by atoms with Crippen LogP contribution in [0.2, 0.25) is 0 Å². The number of likely N-dealkylation sites (tertiary alicyclic amines) is 1. The van der Waals surface area contributed by atoms with E-state index in [9.17, 15) is 18.9 Å². The van der Waals surface area contributed by atoms with Crippen molar-refractivity contribution in [3.8, 4) is 0 Å². The molecule has 2 bridgehead atoms. The summed E-state index contributed by atoms with van der Waals surface area (Å²) in [5.41, 5.74) is -1.18. The van der Waals surface area contributed by atoms with Gasteiger partial charge in [0.25, 0.3) is 0 Å². The number of amides is 2. The van der Waals surface area contributed by atoms with Crippen molar-refractivity contribution in [2.24, 2.45) is 11.8 Å². The monoisotopic (exact) mass is 371 g/mol. The average molecular weight is 371 g/mol. The first-order valence-corrected chi connectivity index (χ1v) is 9.54. The topological polar surface area (TPSA) is 130 Å². The zero-order chi connectivity index (χ0) is 18.4. The molecule has 0 aromatic heterocycles. The Morgan fingerprint density at radius 1 is 1.44 bits per heavy atom. The zero-order valence-electron chi connectivity index (χ0n) is 13.2. The lowest BCUT2D eigenvalue weighted by molar-refractivity contribution is -0.152. The van der Waals surface area contributed by atoms with Crippen LogP contribution in [0.4, 0.5) is 0 Å². The molecule has 2 fully saturated rings. The third-order valence-corrected chi connectivity index (χ3v) is 5.58. The van der Waals surface area contributed by atoms with Crippen molar-refractivity contribution < 1.29 is 38.2 Å². The highest BCUT2D eigenvalue weighted by atomic mass is 31.2. The van der Waals surface area contributed by atoms with Gasteiger partial charge in [0.15, 0.2) is 0 Å². The summed E-state index contributed by atoms with van der Waals surface area (Å²) < 4.78 is 21.7. The molecule has 4 atom stereocenters. The highest BCUT2D eigenvalue weighted by Crippen LogP contribution is 2.52. The number of ether oxygens (including phenoxy) is 2. The van der Waals surface area contributed by atoms with E-state index in [0.29, 0.717) is 0 Å². The molecule has 0 radical (unpaired) electrons. The third kappa shape index (κ3) is 3.08. The van der Waals surface area contributed by atoms with Gasteiger partial charge < -0.3 is 19.3 Å². The van der Waals surface area contributed by atoms with E-state index in [1.807, 2.05) is 0 Å². The zero-order valence-corrected chi connectivity index (χ0v) is 14.1. The second-order valence-corrected chi connectivity index (χ2v) is 8.06. The molecule has 136 valence electrons. The summed E-state index contributed by atoms with van der Waals surface area (Å²) in [6.07, 6.45) is 3.34. The fourth-order valence-electron chi connectivity index (χ4n) is 3.63. The second-order valence-electron chi connectivity index (χ2n) is 6.28. The average Bonchev–Trinajstić information content (AvgIpc) is 3.17. The SMILES string of the molecule is C=CC(=O)OCC12C=CC(O1)C1C(=O)N(CCCP(=O)(O)O)C(=O)C12. The van der Waals surface area contributed by atoms with Crippen molar-refractivity contribution in [2.75, 3.05) is 19.3 Å². The van der Waals surface area contributed by atoms with Crippen molar-refractivity contribution in [1.82, 2.24) is 4.90 Å². The summed E-state index contributed by atoms with van der Waals surface area (Å²) in [4.78, 5) is 55.4. The standard InChI is InChI=1S/C15H18NO8P/c1-2-10(17)23-8-15-5-4-9(24-15)11-12(15)14(19)16(13(11)18)6-3-7-25(20,21)22/h2,4-5,9,11-12H,1,3,6-8H2,(H2,20,21,22). The molecule has 2 N–H and O–H groups in total. The van der Waals surface area contributed by atoms with E-state index >= 15 is 0 Å². The first-order chi connectivity index (χ1) is 11.7. The van der Waals surface area contributed by atoms with Crippen LogP contribution in [0.3, 0.4) is 0 Å². The maximum absolute atomic E-state index is 12.7. The highest BCUT2D eigenvalue weighted by Gasteiger charge is 2.67. The predicted molar refractivity (Wildman–Crippen MR) is 83.1 cm³/mol. The van der Waals surface area contributed by atoms with Crippen LogP contribution in [0.25, 0.3) is 0 Å². The molecule has 0 aromatic rings. The lowest BCUT2D eigenvalue weighted by Crippen LogP contribution is -2.44. The minimum Gasteiger partial charge on any atom is -0.459 e. The Hall–Kier alpha value is -1.80. The van der Waals surface area contributed by atoms with Crippen molar-refractivity contribution in [3.63, 3.8) is 0 Å². The molecule has 4 unspecified atom stereocenters. The smallest absolute Gasteiger partial charge is 0.330 e. The Morgan fingerprint density at radius 3 is 2.80 bits per heavy atom. The first kappa shape index (κ1) is 18.0. The van der Waals surface area contributed by atoms with Gasteiger partial charge in [-0.25, -0.2) is 4.79 Å². The van der Waals surface area contributed by atoms with E-state index in [0.717, 1.165) is 11.0 Å². The lowest BCUT2D eigenvalue weighted by Gasteiger charge is -2.28. The second kappa shape index (κ2) is 6.17. The van der Waals surface area contributed by atoms with E-state index in [1.165, 1.54) is 0 Å². The number of esters is 1. The molecule has 3 aliphatic rings. The highest BCUT2D eigenvalue weighted by molar-refractivity contribution is 7.51. The summed E-state index contributed by atoms with van der Waals surface area (Å²) in [5, 5.41) is 0. The van der Waals surface area contributed by atoms with Gasteiger partial charge in [0.1, 0.15) is 12.2 Å². The molecule has 9 nitrogen and oxygen atoms in total. The minimum atomic E-state index is -4.19. The quantitative estimate of drug-likeness (QED) is 0.203. The van der Waals surface area contributed by atoms with E-state index in [1.54, 1.807) is 12.2 Å². The normalized spacial score (nSPS) is 33.0. The molecule has 3 rings (SSSR count). The van der Waals surface area contributed by atoms with Gasteiger partial charge in [-0.05, 0) is 12.5 Å². The van der Waals surface area contributed by atoms with Gasteiger partial charge in [0.2, 0.25) is 11.8 Å². The summed E-state index contributed by atoms with van der Waals surface area (Å²) in [6, 6.07) is 0. The summed E-state index contributed by atoms with van der Waals surface area (Å²) in [5.74, 6) is -3.06. The van der Waals surface area contributed by atoms with Crippen molar-refractivity contribution in [3.05, 3.63) is 24.8 Å². The number of hydrogen-bond donors (Lipinski definition) is 2. The Morgan fingerprint density at radius 2 is 2.16 bits per heavy atom. The molecule has 0 saturated carbocycles. The van der Waals surface area contributed by atoms with E-state index in [2.05, 4.69) is 6.58 Å². The van der Waals surface area contributed by atoms with Crippen LogP contribution in [0.1, 0.15) is 6.42 Å². The molecule has 2 saturated heterocycles. The lowest BCUT2D eigenvalue weighted by atomic mass is 9.77. The number of nitrogens with zero attached hydrogens (tertiary/aromatic N) is 1. The maximum atomic E-state index is 12.7. The van der Waals surface area contributed by atoms with Gasteiger partial charge >= 0.3 is 13.6 Å². The van der Waals surface area contributed by atoms with Gasteiger partial charge in [0.05, 0.1) is 24.1 Å². The van der Waals surface area contributed by atoms with Gasteiger partial charge in [-0.15, -0.1) is 0 Å².